The van der Waals surface area contributed by atoms with Gasteiger partial charge in [0.05, 0.1) is 0 Å². The van der Waals surface area contributed by atoms with E-state index in [1.165, 1.54) is 0 Å². The second kappa shape index (κ2) is 4.10. The second-order valence-electron chi connectivity index (χ2n) is 3.12. The lowest BCUT2D eigenvalue weighted by Gasteiger charge is -1.89. The summed E-state index contributed by atoms with van der Waals surface area (Å²) in [5, 5.41) is 2.29. The number of aromatic nitrogens is 1. The highest BCUT2D eigenvalue weighted by Gasteiger charge is 1.90. The first-order chi connectivity index (χ1) is 6.17. The number of hydrogen-bond donors (Lipinski definition) is 2. The predicted molar refractivity (Wildman–Crippen MR) is 57.6 cm³/mol. The van der Waals surface area contributed by atoms with Gasteiger partial charge in [-0.3, -0.25) is 0 Å². The van der Waals surface area contributed by atoms with E-state index < -0.39 is 0 Å². The van der Waals surface area contributed by atoms with Crippen molar-refractivity contribution in [1.82, 2.24) is 4.98 Å². The molecule has 0 atom stereocenters. The zero-order chi connectivity index (χ0) is 9.84. The third-order valence-electron chi connectivity index (χ3n) is 1.93. The lowest BCUT2D eigenvalue weighted by Crippen LogP contribution is -2.22. The molecule has 0 fully saturated rings. The van der Waals surface area contributed by atoms with Crippen molar-refractivity contribution >= 4 is 12.2 Å². The minimum atomic E-state index is 0.507. The molecular weight excluding hydrogens is 160 g/mol. The summed E-state index contributed by atoms with van der Waals surface area (Å²) in [6.45, 7) is 8.40. The van der Waals surface area contributed by atoms with Crippen molar-refractivity contribution in [2.45, 2.75) is 13.8 Å². The standard InChI is InChI=1S/C11H16N2/c1-4-11-10(5-8(2)7-12)6-9(3)13-11/h4-6,13H,2,7,12H2,1,3H3. The Morgan fingerprint density at radius 3 is 2.92 bits per heavy atom. The normalized spacial score (nSPS) is 13.8. The van der Waals surface area contributed by atoms with Crippen LogP contribution in [-0.2, 0) is 0 Å². The van der Waals surface area contributed by atoms with E-state index >= 15 is 0 Å². The maximum atomic E-state index is 5.47. The topological polar surface area (TPSA) is 41.8 Å². The van der Waals surface area contributed by atoms with E-state index in [0.717, 1.165) is 21.8 Å². The summed E-state index contributed by atoms with van der Waals surface area (Å²) in [6, 6.07) is 2.09. The van der Waals surface area contributed by atoms with Crippen LogP contribution in [0.15, 0.2) is 18.2 Å². The monoisotopic (exact) mass is 176 g/mol. The molecule has 13 heavy (non-hydrogen) atoms. The van der Waals surface area contributed by atoms with Crippen LogP contribution >= 0.6 is 0 Å². The molecular formula is C11H16N2. The number of aryl methyl sites for hydroxylation is 1. The van der Waals surface area contributed by atoms with Crippen molar-refractivity contribution in [3.05, 3.63) is 34.5 Å². The minimum absolute atomic E-state index is 0.507. The Bertz CT molecular complexity index is 410. The maximum absolute atomic E-state index is 5.47. The van der Waals surface area contributed by atoms with Crippen LogP contribution in [0.4, 0.5) is 0 Å². The Hall–Kier alpha value is -1.28. The zero-order valence-electron chi connectivity index (χ0n) is 8.22. The molecule has 0 spiro atoms. The molecule has 0 bridgehead atoms. The number of rotatable bonds is 2. The van der Waals surface area contributed by atoms with Crippen LogP contribution in [0.25, 0.3) is 12.2 Å². The third kappa shape index (κ3) is 2.33. The maximum Gasteiger partial charge on any atom is 0.0412 e. The molecule has 0 aliphatic rings. The molecule has 1 aromatic rings. The summed E-state index contributed by atoms with van der Waals surface area (Å²) < 4.78 is 0. The highest BCUT2D eigenvalue weighted by Crippen LogP contribution is 1.87. The van der Waals surface area contributed by atoms with Crippen LogP contribution in [0, 0.1) is 6.92 Å². The smallest absolute Gasteiger partial charge is 0.0412 e. The zero-order valence-corrected chi connectivity index (χ0v) is 8.22. The van der Waals surface area contributed by atoms with E-state index in [2.05, 4.69) is 17.6 Å². The van der Waals surface area contributed by atoms with Crippen molar-refractivity contribution < 1.29 is 0 Å². The summed E-state index contributed by atoms with van der Waals surface area (Å²) in [5.41, 5.74) is 7.57. The van der Waals surface area contributed by atoms with E-state index in [4.69, 9.17) is 5.73 Å². The van der Waals surface area contributed by atoms with Gasteiger partial charge in [-0.15, -0.1) is 0 Å². The van der Waals surface area contributed by atoms with Gasteiger partial charge in [0, 0.05) is 17.6 Å². The Labute approximate surface area is 78.5 Å². The lowest BCUT2D eigenvalue weighted by atomic mass is 10.2. The average molecular weight is 176 g/mol. The molecule has 1 aromatic heterocycles. The van der Waals surface area contributed by atoms with Gasteiger partial charge in [-0.05, 0) is 36.8 Å². The van der Waals surface area contributed by atoms with Crippen LogP contribution in [0.2, 0.25) is 0 Å². The van der Waals surface area contributed by atoms with Crippen molar-refractivity contribution in [1.29, 1.82) is 0 Å². The first-order valence-electron chi connectivity index (χ1n) is 4.39. The lowest BCUT2D eigenvalue weighted by molar-refractivity contribution is 1.20. The van der Waals surface area contributed by atoms with Crippen molar-refractivity contribution in [2.75, 3.05) is 6.54 Å². The van der Waals surface area contributed by atoms with Gasteiger partial charge in [-0.2, -0.15) is 0 Å². The molecule has 0 unspecified atom stereocenters. The van der Waals surface area contributed by atoms with Gasteiger partial charge in [-0.1, -0.05) is 12.7 Å². The number of nitrogens with one attached hydrogen (secondary N) is 1. The van der Waals surface area contributed by atoms with Gasteiger partial charge in [0.1, 0.15) is 0 Å². The van der Waals surface area contributed by atoms with E-state index in [1.54, 1.807) is 0 Å². The highest BCUT2D eigenvalue weighted by atomic mass is 14.7. The molecule has 0 radical (unpaired) electrons. The van der Waals surface area contributed by atoms with Gasteiger partial charge >= 0.3 is 0 Å². The van der Waals surface area contributed by atoms with Gasteiger partial charge in [0.2, 0.25) is 0 Å². The minimum Gasteiger partial charge on any atom is -0.359 e. The van der Waals surface area contributed by atoms with Crippen LogP contribution in [0.5, 0.6) is 0 Å². The predicted octanol–water partition coefficient (Wildman–Crippen LogP) is 0.419. The third-order valence-corrected chi connectivity index (χ3v) is 1.93. The van der Waals surface area contributed by atoms with Gasteiger partial charge in [-0.25, -0.2) is 0 Å². The number of H-pyrrole nitrogens is 1. The van der Waals surface area contributed by atoms with Crippen molar-refractivity contribution in [2.24, 2.45) is 5.73 Å². The van der Waals surface area contributed by atoms with Gasteiger partial charge < -0.3 is 10.7 Å². The summed E-state index contributed by atoms with van der Waals surface area (Å²) in [4.78, 5) is 3.26. The van der Waals surface area contributed by atoms with E-state index in [9.17, 15) is 0 Å². The molecule has 3 N–H and O–H groups in total. The van der Waals surface area contributed by atoms with Crippen LogP contribution < -0.4 is 16.3 Å². The van der Waals surface area contributed by atoms with E-state index in [1.807, 2.05) is 26.0 Å². The molecule has 0 saturated carbocycles. The first-order valence-corrected chi connectivity index (χ1v) is 4.39. The van der Waals surface area contributed by atoms with Gasteiger partial charge in [0.15, 0.2) is 0 Å². The SMILES string of the molecule is C=C(C=c1cc(C)[nH]c1=CC)CN. The summed E-state index contributed by atoms with van der Waals surface area (Å²) in [7, 11) is 0. The summed E-state index contributed by atoms with van der Waals surface area (Å²) in [6.07, 6.45) is 4.06. The Kier molecular flexibility index (Phi) is 3.09. The quantitative estimate of drug-likeness (QED) is 0.673. The molecule has 0 aliphatic carbocycles. The van der Waals surface area contributed by atoms with Gasteiger partial charge in [0.25, 0.3) is 0 Å². The molecule has 2 heteroatoms. The first kappa shape index (κ1) is 9.81. The number of hydrogen-bond acceptors (Lipinski definition) is 1. The second-order valence-corrected chi connectivity index (χ2v) is 3.12. The molecule has 1 heterocycles. The molecule has 1 rings (SSSR count). The highest BCUT2D eigenvalue weighted by molar-refractivity contribution is 5.46. The van der Waals surface area contributed by atoms with Crippen LogP contribution in [0.1, 0.15) is 12.6 Å². The van der Waals surface area contributed by atoms with E-state index in [-0.39, 0.29) is 0 Å². The average Bonchev–Trinajstić information content (AvgIpc) is 2.46. The fourth-order valence-electron chi connectivity index (χ4n) is 1.27. The number of nitrogens with two attached hydrogens (primary N) is 1. The Morgan fingerprint density at radius 2 is 2.38 bits per heavy atom. The van der Waals surface area contributed by atoms with Crippen molar-refractivity contribution in [3.63, 3.8) is 0 Å². The van der Waals surface area contributed by atoms with Crippen molar-refractivity contribution in [3.8, 4) is 0 Å². The largest absolute Gasteiger partial charge is 0.359 e. The Morgan fingerprint density at radius 1 is 1.69 bits per heavy atom. The summed E-state index contributed by atoms with van der Waals surface area (Å²) in [5.74, 6) is 0. The molecule has 0 aromatic carbocycles. The Balaban J connectivity index is 3.29. The van der Waals surface area contributed by atoms with Crippen LogP contribution in [0.3, 0.4) is 0 Å². The van der Waals surface area contributed by atoms with E-state index in [0.29, 0.717) is 6.54 Å². The molecule has 0 saturated heterocycles. The summed E-state index contributed by atoms with van der Waals surface area (Å²) >= 11 is 0. The molecule has 0 aliphatic heterocycles. The molecule has 2 nitrogen and oxygen atoms in total. The fraction of sp³-hybridized carbons (Fsp3) is 0.273. The molecule has 70 valence electrons. The van der Waals surface area contributed by atoms with Crippen LogP contribution in [-0.4, -0.2) is 11.5 Å². The molecule has 0 amide bonds. The number of aromatic amines is 1. The fourth-order valence-corrected chi connectivity index (χ4v) is 1.27.